The van der Waals surface area contributed by atoms with Gasteiger partial charge in [-0.25, -0.2) is 9.13 Å². The Morgan fingerprint density at radius 1 is 0.297 bits per heavy atom. The molecule has 2 unspecified atom stereocenters. The first-order valence-electron chi connectivity index (χ1n) is 37.6. The molecule has 91 heavy (non-hydrogen) atoms. The first-order chi connectivity index (χ1) is 44.0. The average molecular weight is 1340 g/mol. The van der Waals surface area contributed by atoms with Gasteiger partial charge in [-0.1, -0.05) is 324 Å². The normalized spacial score (nSPS) is 14.0. The van der Waals surface area contributed by atoms with E-state index in [1.807, 2.05) is 0 Å². The van der Waals surface area contributed by atoms with Gasteiger partial charge in [-0.3, -0.25) is 37.3 Å². The van der Waals surface area contributed by atoms with E-state index in [-0.39, 0.29) is 25.7 Å². The standard InChI is InChI=1S/C72H140O17P2/c1-6-9-12-15-18-21-24-26-28-29-30-32-34-37-42-47-52-57-71(76)88-67(61-83-70(75)56-51-46-41-36-33-31-27-25-22-19-16-13-10-7-2)63-86-90(78,79)84-59-66(73)60-85-91(80,81)87-64-68(89-72(77)58-53-48-43-38-39-44-49-54-65(4)5)62-82-69(74)55-50-45-40-35-23-20-17-14-11-8-3/h65-68,73H,6-64H2,1-5H3,(H,78,79)(H,80,81)/t66-,67-,68-/m1/s1. The van der Waals surface area contributed by atoms with Gasteiger partial charge in [0, 0.05) is 25.7 Å². The molecule has 0 aromatic rings. The first kappa shape index (κ1) is 89.1. The number of hydrogen-bond donors (Lipinski definition) is 3. The third kappa shape index (κ3) is 66.5. The molecule has 0 aliphatic rings. The highest BCUT2D eigenvalue weighted by atomic mass is 31.2. The molecule has 0 heterocycles. The molecule has 0 fully saturated rings. The molecule has 3 N–H and O–H groups in total. The Kier molecular flexibility index (Phi) is 64.0. The smallest absolute Gasteiger partial charge is 0.462 e. The Morgan fingerprint density at radius 3 is 0.747 bits per heavy atom. The largest absolute Gasteiger partial charge is 0.472 e. The van der Waals surface area contributed by atoms with Crippen LogP contribution >= 0.6 is 15.6 Å². The van der Waals surface area contributed by atoms with Crippen LogP contribution in [-0.2, 0) is 65.4 Å². The lowest BCUT2D eigenvalue weighted by Gasteiger charge is -2.21. The third-order valence-electron chi connectivity index (χ3n) is 16.8. The summed E-state index contributed by atoms with van der Waals surface area (Å²) in [6.45, 7) is 7.20. The van der Waals surface area contributed by atoms with E-state index in [1.54, 1.807) is 0 Å². The van der Waals surface area contributed by atoms with Gasteiger partial charge in [0.25, 0.3) is 0 Å². The van der Waals surface area contributed by atoms with Crippen LogP contribution in [0.4, 0.5) is 0 Å². The number of hydrogen-bond acceptors (Lipinski definition) is 15. The Bertz CT molecular complexity index is 1750. The predicted octanol–water partition coefficient (Wildman–Crippen LogP) is 20.9. The minimum atomic E-state index is -4.95. The van der Waals surface area contributed by atoms with E-state index in [1.165, 1.54) is 199 Å². The van der Waals surface area contributed by atoms with E-state index >= 15 is 0 Å². The van der Waals surface area contributed by atoms with Crippen LogP contribution in [-0.4, -0.2) is 96.7 Å². The molecule has 19 heteroatoms. The zero-order valence-electron chi connectivity index (χ0n) is 59.0. The van der Waals surface area contributed by atoms with Crippen molar-refractivity contribution in [2.75, 3.05) is 39.6 Å². The summed E-state index contributed by atoms with van der Waals surface area (Å²) in [7, 11) is -9.90. The molecule has 0 saturated heterocycles. The molecular formula is C72H140O17P2. The van der Waals surface area contributed by atoms with Gasteiger partial charge in [-0.05, 0) is 31.6 Å². The summed E-state index contributed by atoms with van der Waals surface area (Å²) in [6, 6.07) is 0. The number of aliphatic hydroxyl groups excluding tert-OH is 1. The van der Waals surface area contributed by atoms with Crippen LogP contribution in [0, 0.1) is 5.92 Å². The van der Waals surface area contributed by atoms with E-state index in [0.717, 1.165) is 89.9 Å². The van der Waals surface area contributed by atoms with Crippen molar-refractivity contribution in [1.29, 1.82) is 0 Å². The van der Waals surface area contributed by atoms with Crippen molar-refractivity contribution >= 4 is 39.5 Å². The van der Waals surface area contributed by atoms with Crippen molar-refractivity contribution < 1.29 is 80.2 Å². The van der Waals surface area contributed by atoms with Crippen molar-refractivity contribution in [3.05, 3.63) is 0 Å². The van der Waals surface area contributed by atoms with E-state index in [2.05, 4.69) is 34.6 Å². The third-order valence-corrected chi connectivity index (χ3v) is 18.7. The van der Waals surface area contributed by atoms with Gasteiger partial charge in [0.05, 0.1) is 26.4 Å². The van der Waals surface area contributed by atoms with Gasteiger partial charge in [0.15, 0.2) is 12.2 Å². The Morgan fingerprint density at radius 2 is 0.505 bits per heavy atom. The van der Waals surface area contributed by atoms with E-state index in [0.29, 0.717) is 31.6 Å². The minimum absolute atomic E-state index is 0.104. The summed E-state index contributed by atoms with van der Waals surface area (Å²) in [5.41, 5.74) is 0. The van der Waals surface area contributed by atoms with E-state index in [4.69, 9.17) is 37.0 Å². The summed E-state index contributed by atoms with van der Waals surface area (Å²) < 4.78 is 68.3. The SMILES string of the molecule is CCCCCCCCCCCCCCCCCCCC(=O)O[C@H](COC(=O)CCCCCCCCCCCCCCCC)COP(=O)(O)OC[C@@H](O)COP(=O)(O)OC[C@@H](COC(=O)CCCCCCCCCCCC)OC(=O)CCCCCCCCCC(C)C. The summed E-state index contributed by atoms with van der Waals surface area (Å²) in [5.74, 6) is -1.42. The molecular weight excluding hydrogens is 1200 g/mol. The number of rotatable bonds is 72. The van der Waals surface area contributed by atoms with Crippen LogP contribution in [0.3, 0.4) is 0 Å². The molecule has 0 rings (SSSR count). The number of phosphoric ester groups is 2. The van der Waals surface area contributed by atoms with Gasteiger partial charge in [-0.2, -0.15) is 0 Å². The maximum atomic E-state index is 13.0. The molecule has 540 valence electrons. The molecule has 0 saturated carbocycles. The van der Waals surface area contributed by atoms with E-state index < -0.39 is 97.5 Å². The Hall–Kier alpha value is -1.94. The first-order valence-corrected chi connectivity index (χ1v) is 40.6. The molecule has 0 bridgehead atoms. The molecule has 17 nitrogen and oxygen atoms in total. The highest BCUT2D eigenvalue weighted by Crippen LogP contribution is 2.45. The fourth-order valence-corrected chi connectivity index (χ4v) is 12.6. The zero-order valence-corrected chi connectivity index (χ0v) is 60.8. The second-order valence-electron chi connectivity index (χ2n) is 26.5. The molecule has 0 aromatic carbocycles. The maximum absolute atomic E-state index is 13.0. The Balaban J connectivity index is 5.22. The molecule has 0 aromatic heterocycles. The van der Waals surface area contributed by atoms with Crippen LogP contribution in [0.25, 0.3) is 0 Å². The van der Waals surface area contributed by atoms with Crippen LogP contribution in [0.15, 0.2) is 0 Å². The molecule has 0 spiro atoms. The summed E-state index contributed by atoms with van der Waals surface area (Å²) in [4.78, 5) is 72.6. The molecule has 0 radical (unpaired) electrons. The predicted molar refractivity (Wildman–Crippen MR) is 368 cm³/mol. The maximum Gasteiger partial charge on any atom is 0.472 e. The van der Waals surface area contributed by atoms with Crippen LogP contribution in [0.2, 0.25) is 0 Å². The number of esters is 4. The minimum Gasteiger partial charge on any atom is -0.462 e. The number of phosphoric acid groups is 2. The highest BCUT2D eigenvalue weighted by Gasteiger charge is 2.30. The summed E-state index contributed by atoms with van der Waals surface area (Å²) >= 11 is 0. The average Bonchev–Trinajstić information content (AvgIpc) is 3.29. The van der Waals surface area contributed by atoms with Crippen molar-refractivity contribution in [2.24, 2.45) is 5.92 Å². The lowest BCUT2D eigenvalue weighted by Crippen LogP contribution is -2.30. The quantitative estimate of drug-likeness (QED) is 0.0222. The number of carbonyl (C=O) groups is 4. The summed E-state index contributed by atoms with van der Waals surface area (Å²) in [5, 5.41) is 10.6. The number of ether oxygens (including phenoxy) is 4. The molecule has 0 aliphatic carbocycles. The number of carbonyl (C=O) groups excluding carboxylic acids is 4. The number of unbranched alkanes of at least 4 members (excludes halogenated alkanes) is 44. The highest BCUT2D eigenvalue weighted by molar-refractivity contribution is 7.47. The molecule has 0 amide bonds. The number of aliphatic hydroxyl groups is 1. The van der Waals surface area contributed by atoms with Gasteiger partial charge in [-0.15, -0.1) is 0 Å². The van der Waals surface area contributed by atoms with Crippen molar-refractivity contribution in [2.45, 2.75) is 393 Å². The lowest BCUT2D eigenvalue weighted by atomic mass is 10.0. The van der Waals surface area contributed by atoms with Crippen molar-refractivity contribution in [3.8, 4) is 0 Å². The van der Waals surface area contributed by atoms with Crippen LogP contribution in [0.5, 0.6) is 0 Å². The fraction of sp³-hybridized carbons (Fsp3) is 0.944. The van der Waals surface area contributed by atoms with Gasteiger partial charge in [0.2, 0.25) is 0 Å². The van der Waals surface area contributed by atoms with Crippen molar-refractivity contribution in [3.63, 3.8) is 0 Å². The summed E-state index contributed by atoms with van der Waals surface area (Å²) in [6.07, 6.45) is 52.7. The monoisotopic (exact) mass is 1340 g/mol. The van der Waals surface area contributed by atoms with Crippen molar-refractivity contribution in [1.82, 2.24) is 0 Å². The topological polar surface area (TPSA) is 237 Å². The van der Waals surface area contributed by atoms with Crippen LogP contribution < -0.4 is 0 Å². The van der Waals surface area contributed by atoms with Gasteiger partial charge in [0.1, 0.15) is 19.3 Å². The fourth-order valence-electron chi connectivity index (χ4n) is 11.0. The van der Waals surface area contributed by atoms with Gasteiger partial charge < -0.3 is 33.8 Å². The van der Waals surface area contributed by atoms with Gasteiger partial charge >= 0.3 is 39.5 Å². The molecule has 0 aliphatic heterocycles. The lowest BCUT2D eigenvalue weighted by molar-refractivity contribution is -0.161. The van der Waals surface area contributed by atoms with E-state index in [9.17, 15) is 43.2 Å². The zero-order chi connectivity index (χ0) is 67.0. The second kappa shape index (κ2) is 65.4. The van der Waals surface area contributed by atoms with Crippen LogP contribution in [0.1, 0.15) is 375 Å². The second-order valence-corrected chi connectivity index (χ2v) is 29.4. The Labute approximate surface area is 556 Å². The molecule has 5 atom stereocenters.